The Morgan fingerprint density at radius 1 is 1.05 bits per heavy atom. The summed E-state index contributed by atoms with van der Waals surface area (Å²) in [5, 5.41) is 3.54. The third-order valence-corrected chi connectivity index (χ3v) is 4.13. The lowest BCUT2D eigenvalue weighted by Crippen LogP contribution is -2.02. The first-order chi connectivity index (χ1) is 9.34. The Balaban J connectivity index is 2.14. The first kappa shape index (κ1) is 15.0. The molecular formula is C15H17ClNO2P. The lowest BCUT2D eigenvalue weighted by Gasteiger charge is -2.18. The van der Waals surface area contributed by atoms with Crippen LogP contribution in [0.2, 0.25) is 5.02 Å². The molecular weight excluding hydrogens is 293 g/mol. The number of anilines is 1. The van der Waals surface area contributed by atoms with Crippen molar-refractivity contribution in [2.75, 3.05) is 11.8 Å². The van der Waals surface area contributed by atoms with Crippen LogP contribution in [0.3, 0.4) is 0 Å². The molecule has 0 radical (unpaired) electrons. The second kappa shape index (κ2) is 5.90. The van der Waals surface area contributed by atoms with Crippen LogP contribution in [0.5, 0.6) is 5.75 Å². The zero-order valence-corrected chi connectivity index (χ0v) is 13.3. The van der Waals surface area contributed by atoms with Crippen LogP contribution in [-0.2, 0) is 4.57 Å². The zero-order valence-electron chi connectivity index (χ0n) is 11.7. The molecule has 2 aromatic rings. The van der Waals surface area contributed by atoms with E-state index in [1.54, 1.807) is 30.9 Å². The Morgan fingerprint density at radius 3 is 2.15 bits per heavy atom. The van der Waals surface area contributed by atoms with Gasteiger partial charge in [-0.2, -0.15) is 0 Å². The normalized spacial score (nSPS) is 13.6. The molecule has 0 aliphatic heterocycles. The van der Waals surface area contributed by atoms with Crippen LogP contribution in [0, 0.1) is 13.8 Å². The fourth-order valence-electron chi connectivity index (χ4n) is 1.97. The maximum atomic E-state index is 12.5. The van der Waals surface area contributed by atoms with Crippen LogP contribution in [0.15, 0.2) is 42.5 Å². The monoisotopic (exact) mass is 309 g/mol. The summed E-state index contributed by atoms with van der Waals surface area (Å²) in [7, 11) is -2.98. The molecule has 0 saturated carbocycles. The molecule has 0 amide bonds. The highest BCUT2D eigenvalue weighted by molar-refractivity contribution is 7.60. The zero-order chi connectivity index (χ0) is 14.8. The van der Waals surface area contributed by atoms with Gasteiger partial charge in [-0.05, 0) is 61.4 Å². The van der Waals surface area contributed by atoms with Crippen LogP contribution >= 0.6 is 19.1 Å². The lowest BCUT2D eigenvalue weighted by atomic mass is 10.1. The molecule has 0 aliphatic rings. The molecule has 0 saturated heterocycles. The number of hydrogen-bond donors (Lipinski definition) is 1. The highest BCUT2D eigenvalue weighted by atomic mass is 35.5. The molecule has 3 nitrogen and oxygen atoms in total. The molecule has 0 aliphatic carbocycles. The van der Waals surface area contributed by atoms with Gasteiger partial charge in [-0.15, -0.1) is 0 Å². The fraction of sp³-hybridized carbons (Fsp3) is 0.200. The molecule has 106 valence electrons. The second-order valence-corrected chi connectivity index (χ2v) is 7.41. The van der Waals surface area contributed by atoms with E-state index < -0.39 is 7.52 Å². The summed E-state index contributed by atoms with van der Waals surface area (Å²) < 4.78 is 18.1. The SMILES string of the molecule is Cc1cc(C)cc(O[P@@](C)(=O)Nc2ccc(Cl)cc2)c1. The highest BCUT2D eigenvalue weighted by Crippen LogP contribution is 2.43. The summed E-state index contributed by atoms with van der Waals surface area (Å²) >= 11 is 5.82. The molecule has 0 heterocycles. The summed E-state index contributed by atoms with van der Waals surface area (Å²) in [5.41, 5.74) is 2.86. The van der Waals surface area contributed by atoms with Crippen LogP contribution in [0.4, 0.5) is 5.69 Å². The first-order valence-corrected chi connectivity index (χ1v) is 8.68. The van der Waals surface area contributed by atoms with Crippen LogP contribution in [0.25, 0.3) is 0 Å². The summed E-state index contributed by atoms with van der Waals surface area (Å²) in [6, 6.07) is 12.8. The van der Waals surface area contributed by atoms with Crippen molar-refractivity contribution in [3.63, 3.8) is 0 Å². The summed E-state index contributed by atoms with van der Waals surface area (Å²) in [6.45, 7) is 5.51. The van der Waals surface area contributed by atoms with Crippen molar-refractivity contribution >= 4 is 24.8 Å². The van der Waals surface area contributed by atoms with Gasteiger partial charge < -0.3 is 9.61 Å². The van der Waals surface area contributed by atoms with Crippen molar-refractivity contribution in [2.24, 2.45) is 0 Å². The number of hydrogen-bond acceptors (Lipinski definition) is 2. The Morgan fingerprint density at radius 2 is 1.60 bits per heavy atom. The van der Waals surface area contributed by atoms with Crippen molar-refractivity contribution in [3.8, 4) is 5.75 Å². The van der Waals surface area contributed by atoms with E-state index in [9.17, 15) is 4.57 Å². The van der Waals surface area contributed by atoms with Gasteiger partial charge in [0.15, 0.2) is 0 Å². The topological polar surface area (TPSA) is 38.3 Å². The number of aryl methyl sites for hydroxylation is 2. The minimum Gasteiger partial charge on any atom is -0.429 e. The van der Waals surface area contributed by atoms with Crippen LogP contribution in [0.1, 0.15) is 11.1 Å². The van der Waals surface area contributed by atoms with Gasteiger partial charge in [0.2, 0.25) is 0 Å². The minimum absolute atomic E-state index is 0.606. The van der Waals surface area contributed by atoms with E-state index in [0.717, 1.165) is 11.1 Å². The Labute approximate surface area is 124 Å². The van der Waals surface area contributed by atoms with Crippen molar-refractivity contribution < 1.29 is 9.09 Å². The Kier molecular flexibility index (Phi) is 4.42. The molecule has 20 heavy (non-hydrogen) atoms. The fourth-order valence-corrected chi connectivity index (χ4v) is 3.27. The van der Waals surface area contributed by atoms with Gasteiger partial charge in [-0.1, -0.05) is 17.7 Å². The van der Waals surface area contributed by atoms with Crippen molar-refractivity contribution in [3.05, 3.63) is 58.6 Å². The van der Waals surface area contributed by atoms with Crippen molar-refractivity contribution in [2.45, 2.75) is 13.8 Å². The molecule has 0 unspecified atom stereocenters. The lowest BCUT2D eigenvalue weighted by molar-refractivity contribution is 0.493. The maximum Gasteiger partial charge on any atom is 0.338 e. The Hall–Kier alpha value is -1.44. The van der Waals surface area contributed by atoms with E-state index in [-0.39, 0.29) is 0 Å². The number of rotatable bonds is 4. The van der Waals surface area contributed by atoms with Gasteiger partial charge in [-0.25, -0.2) is 0 Å². The summed E-state index contributed by atoms with van der Waals surface area (Å²) in [4.78, 5) is 0. The number of nitrogens with one attached hydrogen (secondary N) is 1. The van der Waals surface area contributed by atoms with E-state index in [1.807, 2.05) is 32.0 Å². The first-order valence-electron chi connectivity index (χ1n) is 6.23. The second-order valence-electron chi connectivity index (χ2n) is 4.88. The van der Waals surface area contributed by atoms with Gasteiger partial charge in [0, 0.05) is 17.4 Å². The smallest absolute Gasteiger partial charge is 0.338 e. The highest BCUT2D eigenvalue weighted by Gasteiger charge is 2.17. The van der Waals surface area contributed by atoms with Gasteiger partial charge in [-0.3, -0.25) is 4.57 Å². The molecule has 2 rings (SSSR count). The van der Waals surface area contributed by atoms with Gasteiger partial charge in [0.05, 0.1) is 0 Å². The largest absolute Gasteiger partial charge is 0.429 e. The van der Waals surface area contributed by atoms with Crippen molar-refractivity contribution in [1.29, 1.82) is 0 Å². The summed E-state index contributed by atoms with van der Waals surface area (Å²) in [5.74, 6) is 0.606. The van der Waals surface area contributed by atoms with E-state index in [0.29, 0.717) is 16.5 Å². The van der Waals surface area contributed by atoms with E-state index in [2.05, 4.69) is 5.09 Å². The van der Waals surface area contributed by atoms with Gasteiger partial charge in [0.1, 0.15) is 5.75 Å². The standard InChI is InChI=1S/C15H17ClNO2P/c1-11-8-12(2)10-15(9-11)19-20(3,18)17-14-6-4-13(16)5-7-14/h4-10H,1-3H3,(H,17,18)/t20-/m1/s1. The molecule has 1 atom stereocenters. The molecule has 0 spiro atoms. The number of halogens is 1. The van der Waals surface area contributed by atoms with Crippen LogP contribution in [-0.4, -0.2) is 6.66 Å². The van der Waals surface area contributed by atoms with Crippen molar-refractivity contribution in [1.82, 2.24) is 0 Å². The molecule has 2 aromatic carbocycles. The molecule has 1 N–H and O–H groups in total. The number of benzene rings is 2. The van der Waals surface area contributed by atoms with Crippen LogP contribution < -0.4 is 9.61 Å². The molecule has 5 heteroatoms. The van der Waals surface area contributed by atoms with Gasteiger partial charge >= 0.3 is 7.52 Å². The molecule has 0 fully saturated rings. The van der Waals surface area contributed by atoms with E-state index in [4.69, 9.17) is 16.1 Å². The molecule has 0 aromatic heterocycles. The third-order valence-electron chi connectivity index (χ3n) is 2.65. The maximum absolute atomic E-state index is 12.5. The summed E-state index contributed by atoms with van der Waals surface area (Å²) in [6.07, 6.45) is 0. The average molecular weight is 310 g/mol. The average Bonchev–Trinajstić information content (AvgIpc) is 2.29. The Bertz CT molecular complexity index is 635. The predicted octanol–water partition coefficient (Wildman–Crippen LogP) is 5.27. The quantitative estimate of drug-likeness (QED) is 0.782. The van der Waals surface area contributed by atoms with E-state index >= 15 is 0 Å². The molecule has 0 bridgehead atoms. The predicted molar refractivity (Wildman–Crippen MR) is 85.1 cm³/mol. The minimum atomic E-state index is -2.98. The van der Waals surface area contributed by atoms with E-state index in [1.165, 1.54) is 0 Å². The third kappa shape index (κ3) is 4.29. The van der Waals surface area contributed by atoms with Gasteiger partial charge in [0.25, 0.3) is 0 Å².